The highest BCUT2D eigenvalue weighted by Gasteiger charge is 2.40. The van der Waals surface area contributed by atoms with Gasteiger partial charge in [-0.1, -0.05) is 28.1 Å². The minimum atomic E-state index is 0.140. The first-order valence-electron chi connectivity index (χ1n) is 7.39. The summed E-state index contributed by atoms with van der Waals surface area (Å²) in [6.07, 6.45) is 4.99. The van der Waals surface area contributed by atoms with Crippen LogP contribution in [0.5, 0.6) is 0 Å². The number of fused-ring (bicyclic) bond motifs is 1. The fourth-order valence-electron chi connectivity index (χ4n) is 3.85. The molecule has 3 N–H and O–H groups in total. The molecule has 3 rings (SSSR count). The Labute approximate surface area is 128 Å². The number of nitrogens with two attached hydrogens (primary N) is 1. The molecule has 0 spiro atoms. The lowest BCUT2D eigenvalue weighted by Crippen LogP contribution is -2.35. The number of rotatable bonds is 3. The largest absolute Gasteiger partial charge is 0.353 e. The molecule has 2 fully saturated rings. The quantitative estimate of drug-likeness (QED) is 0.891. The van der Waals surface area contributed by atoms with E-state index in [0.717, 1.165) is 47.6 Å². The van der Waals surface area contributed by atoms with Gasteiger partial charge in [-0.05, 0) is 55.2 Å². The van der Waals surface area contributed by atoms with Crippen molar-refractivity contribution >= 4 is 21.8 Å². The average Bonchev–Trinajstić information content (AvgIpc) is 2.88. The zero-order chi connectivity index (χ0) is 14.1. The van der Waals surface area contributed by atoms with Gasteiger partial charge in [0.15, 0.2) is 0 Å². The zero-order valence-electron chi connectivity index (χ0n) is 11.5. The van der Waals surface area contributed by atoms with Crippen LogP contribution in [0.2, 0.25) is 0 Å². The molecule has 20 heavy (non-hydrogen) atoms. The predicted molar refractivity (Wildman–Crippen MR) is 83.2 cm³/mol. The fraction of sp³-hybridized carbons (Fsp3) is 0.562. The number of nitrogens with one attached hydrogen (secondary N) is 1. The van der Waals surface area contributed by atoms with E-state index in [0.29, 0.717) is 18.5 Å². The topological polar surface area (TPSA) is 55.1 Å². The molecule has 4 heteroatoms. The number of halogens is 1. The van der Waals surface area contributed by atoms with Gasteiger partial charge < -0.3 is 11.1 Å². The molecule has 3 nitrogen and oxygen atoms in total. The Kier molecular flexibility index (Phi) is 4.13. The van der Waals surface area contributed by atoms with Gasteiger partial charge in [0, 0.05) is 16.6 Å². The first-order chi connectivity index (χ1) is 9.60. The lowest BCUT2D eigenvalue weighted by atomic mass is 10.0. The number of amides is 1. The molecule has 2 saturated carbocycles. The molecule has 2 unspecified atom stereocenters. The first-order valence-corrected chi connectivity index (χ1v) is 8.19. The molecule has 2 aliphatic carbocycles. The summed E-state index contributed by atoms with van der Waals surface area (Å²) < 4.78 is 1.04. The normalized spacial score (nSPS) is 32.1. The van der Waals surface area contributed by atoms with Crippen molar-refractivity contribution in [2.75, 3.05) is 0 Å². The molecule has 1 aromatic carbocycles. The maximum absolute atomic E-state index is 12.1. The van der Waals surface area contributed by atoms with E-state index in [9.17, 15) is 4.79 Å². The molecular formula is C16H21BrN2O. The summed E-state index contributed by atoms with van der Waals surface area (Å²) in [5.41, 5.74) is 7.06. The van der Waals surface area contributed by atoms with Crippen LogP contribution in [0.1, 0.15) is 31.2 Å². The summed E-state index contributed by atoms with van der Waals surface area (Å²) in [5, 5.41) is 3.19. The van der Waals surface area contributed by atoms with Gasteiger partial charge >= 0.3 is 0 Å². The van der Waals surface area contributed by atoms with Gasteiger partial charge in [0.25, 0.3) is 0 Å². The van der Waals surface area contributed by atoms with Gasteiger partial charge in [-0.2, -0.15) is 0 Å². The van der Waals surface area contributed by atoms with E-state index >= 15 is 0 Å². The molecule has 0 saturated heterocycles. The van der Waals surface area contributed by atoms with E-state index in [2.05, 4.69) is 21.2 Å². The highest BCUT2D eigenvalue weighted by molar-refractivity contribution is 9.10. The molecule has 0 aliphatic heterocycles. The summed E-state index contributed by atoms with van der Waals surface area (Å²) in [7, 11) is 0. The highest BCUT2D eigenvalue weighted by atomic mass is 79.9. The molecule has 108 valence electrons. The highest BCUT2D eigenvalue weighted by Crippen LogP contribution is 2.43. The van der Waals surface area contributed by atoms with E-state index in [1.807, 2.05) is 24.3 Å². The minimum Gasteiger partial charge on any atom is -0.353 e. The molecule has 2 aliphatic rings. The standard InChI is InChI=1S/C16H21BrN2O/c17-13-3-1-10(2-4-13)5-16(20)19-15-8-11-6-14(18)7-12(11)9-15/h1-4,11-12,14-15H,5-9,18H2,(H,19,20). The number of hydrogen-bond acceptors (Lipinski definition) is 2. The summed E-state index contributed by atoms with van der Waals surface area (Å²) >= 11 is 3.40. The molecule has 0 aromatic heterocycles. The van der Waals surface area contributed by atoms with E-state index in [-0.39, 0.29) is 5.91 Å². The second-order valence-corrected chi connectivity index (χ2v) is 7.21. The van der Waals surface area contributed by atoms with Gasteiger partial charge in [0.05, 0.1) is 6.42 Å². The van der Waals surface area contributed by atoms with Crippen LogP contribution in [-0.4, -0.2) is 18.0 Å². The third-order valence-electron chi connectivity index (χ3n) is 4.70. The molecule has 0 heterocycles. The van der Waals surface area contributed by atoms with E-state index in [1.54, 1.807) is 0 Å². The average molecular weight is 337 g/mol. The molecular weight excluding hydrogens is 316 g/mol. The van der Waals surface area contributed by atoms with E-state index < -0.39 is 0 Å². The van der Waals surface area contributed by atoms with Crippen molar-refractivity contribution in [1.29, 1.82) is 0 Å². The van der Waals surface area contributed by atoms with Crippen molar-refractivity contribution in [3.8, 4) is 0 Å². The summed E-state index contributed by atoms with van der Waals surface area (Å²) in [5.74, 6) is 1.62. The van der Waals surface area contributed by atoms with Gasteiger partial charge in [-0.15, -0.1) is 0 Å². The maximum Gasteiger partial charge on any atom is 0.224 e. The van der Waals surface area contributed by atoms with Gasteiger partial charge in [-0.3, -0.25) is 4.79 Å². The minimum absolute atomic E-state index is 0.140. The van der Waals surface area contributed by atoms with Crippen molar-refractivity contribution in [1.82, 2.24) is 5.32 Å². The molecule has 0 bridgehead atoms. The van der Waals surface area contributed by atoms with Gasteiger partial charge in [0.2, 0.25) is 5.91 Å². The van der Waals surface area contributed by atoms with E-state index in [1.165, 1.54) is 0 Å². The smallest absolute Gasteiger partial charge is 0.224 e. The summed E-state index contributed by atoms with van der Waals surface area (Å²) in [4.78, 5) is 12.1. The molecule has 1 aromatic rings. The Morgan fingerprint density at radius 1 is 1.15 bits per heavy atom. The second-order valence-electron chi connectivity index (χ2n) is 6.29. The Morgan fingerprint density at radius 3 is 2.35 bits per heavy atom. The number of hydrogen-bond donors (Lipinski definition) is 2. The Morgan fingerprint density at radius 2 is 1.75 bits per heavy atom. The third-order valence-corrected chi connectivity index (χ3v) is 5.22. The second kappa shape index (κ2) is 5.86. The number of carbonyl (C=O) groups is 1. The van der Waals surface area contributed by atoms with Gasteiger partial charge in [0.1, 0.15) is 0 Å². The Bertz CT molecular complexity index is 474. The zero-order valence-corrected chi connectivity index (χ0v) is 13.1. The Balaban J connectivity index is 1.49. The van der Waals surface area contributed by atoms with Crippen LogP contribution >= 0.6 is 15.9 Å². The van der Waals surface area contributed by atoms with Crippen LogP contribution in [0.25, 0.3) is 0 Å². The van der Waals surface area contributed by atoms with Crippen molar-refractivity contribution in [2.45, 2.75) is 44.2 Å². The Hall–Kier alpha value is -0.870. The van der Waals surface area contributed by atoms with Crippen molar-refractivity contribution in [2.24, 2.45) is 17.6 Å². The van der Waals surface area contributed by atoms with Crippen LogP contribution in [-0.2, 0) is 11.2 Å². The predicted octanol–water partition coefficient (Wildman–Crippen LogP) is 2.62. The molecule has 1 amide bonds. The van der Waals surface area contributed by atoms with Crippen LogP contribution in [0.4, 0.5) is 0 Å². The van der Waals surface area contributed by atoms with Crippen LogP contribution < -0.4 is 11.1 Å². The van der Waals surface area contributed by atoms with E-state index in [4.69, 9.17) is 5.73 Å². The van der Waals surface area contributed by atoms with Crippen molar-refractivity contribution in [3.05, 3.63) is 34.3 Å². The lowest BCUT2D eigenvalue weighted by Gasteiger charge is -2.15. The summed E-state index contributed by atoms with van der Waals surface area (Å²) in [6, 6.07) is 8.69. The third kappa shape index (κ3) is 3.23. The monoisotopic (exact) mass is 336 g/mol. The summed E-state index contributed by atoms with van der Waals surface area (Å²) in [6.45, 7) is 0. The molecule has 2 atom stereocenters. The van der Waals surface area contributed by atoms with Gasteiger partial charge in [-0.25, -0.2) is 0 Å². The van der Waals surface area contributed by atoms with Crippen LogP contribution in [0.3, 0.4) is 0 Å². The maximum atomic E-state index is 12.1. The van der Waals surface area contributed by atoms with Crippen molar-refractivity contribution in [3.63, 3.8) is 0 Å². The van der Waals surface area contributed by atoms with Crippen LogP contribution in [0.15, 0.2) is 28.7 Å². The van der Waals surface area contributed by atoms with Crippen molar-refractivity contribution < 1.29 is 4.79 Å². The van der Waals surface area contributed by atoms with Crippen LogP contribution in [0, 0.1) is 11.8 Å². The number of carbonyl (C=O) groups excluding carboxylic acids is 1. The SMILES string of the molecule is NC1CC2CC(NC(=O)Cc3ccc(Br)cc3)CC2C1. The lowest BCUT2D eigenvalue weighted by molar-refractivity contribution is -0.121. The first kappa shape index (κ1) is 14.1. The fourth-order valence-corrected chi connectivity index (χ4v) is 4.11. The number of benzene rings is 1. The molecule has 0 radical (unpaired) electrons.